The van der Waals surface area contributed by atoms with E-state index in [1.54, 1.807) is 27.7 Å². The van der Waals surface area contributed by atoms with E-state index < -0.39 is 22.8 Å². The highest BCUT2D eigenvalue weighted by Crippen LogP contribution is 2.34. The van der Waals surface area contributed by atoms with Gasteiger partial charge in [0.25, 0.3) is 5.91 Å². The Morgan fingerprint density at radius 2 is 2.04 bits per heavy atom. The predicted octanol–water partition coefficient (Wildman–Crippen LogP) is 3.54. The van der Waals surface area contributed by atoms with Crippen molar-refractivity contribution in [2.45, 2.75) is 47.1 Å². The van der Waals surface area contributed by atoms with E-state index in [1.807, 2.05) is 6.92 Å². The maximum atomic E-state index is 12.8. The first-order chi connectivity index (χ1) is 12.7. The minimum atomic E-state index is -0.739. The lowest BCUT2D eigenvalue weighted by molar-refractivity contribution is -0.389. The van der Waals surface area contributed by atoms with E-state index in [0.29, 0.717) is 22.7 Å². The lowest BCUT2D eigenvalue weighted by atomic mass is 10.1. The fraction of sp³-hybridized carbons (Fsp3) is 0.471. The zero-order chi connectivity index (χ0) is 20.3. The Hall–Kier alpha value is -2.75. The summed E-state index contributed by atoms with van der Waals surface area (Å²) in [6, 6.07) is 0.579. The third-order valence-corrected chi connectivity index (χ3v) is 5.31. The van der Waals surface area contributed by atoms with Crippen LogP contribution < -0.4 is 5.32 Å². The fourth-order valence-electron chi connectivity index (χ4n) is 2.70. The average Bonchev–Trinajstić information content (AvgIpc) is 3.09. The van der Waals surface area contributed by atoms with Crippen molar-refractivity contribution in [3.05, 3.63) is 37.9 Å². The molecule has 0 saturated heterocycles. The number of thiophene rings is 1. The van der Waals surface area contributed by atoms with Gasteiger partial charge in [0.15, 0.2) is 6.04 Å². The summed E-state index contributed by atoms with van der Waals surface area (Å²) in [4.78, 5) is 36.3. The lowest BCUT2D eigenvalue weighted by Gasteiger charge is -2.14. The minimum absolute atomic E-state index is 0.230. The molecule has 0 radical (unpaired) electrons. The molecule has 27 heavy (non-hydrogen) atoms. The maximum absolute atomic E-state index is 12.8. The van der Waals surface area contributed by atoms with Gasteiger partial charge in [-0.25, -0.2) is 4.79 Å². The Kier molecular flexibility index (Phi) is 6.32. The van der Waals surface area contributed by atoms with Gasteiger partial charge in [-0.2, -0.15) is 4.68 Å². The van der Waals surface area contributed by atoms with E-state index in [4.69, 9.17) is 4.74 Å². The highest BCUT2D eigenvalue weighted by atomic mass is 32.1. The summed E-state index contributed by atoms with van der Waals surface area (Å²) in [5, 5.41) is 18.0. The first kappa shape index (κ1) is 20.6. The standard InChI is InChI=1S/C17H22N4O5S/c1-6-12(20-9(3)8-13(19-20)21(24)25)15(22)18-16-14(17(23)26-7-2)10(4)11(5)27-16/h8,12H,6-7H2,1-5H3,(H,18,22). The van der Waals surface area contributed by atoms with Crippen LogP contribution in [0.1, 0.15) is 52.8 Å². The second kappa shape index (κ2) is 8.30. The molecule has 9 nitrogen and oxygen atoms in total. The molecule has 0 bridgehead atoms. The van der Waals surface area contributed by atoms with Gasteiger partial charge in [0.1, 0.15) is 5.00 Å². The third-order valence-electron chi connectivity index (χ3n) is 4.18. The number of anilines is 1. The molecule has 146 valence electrons. The summed E-state index contributed by atoms with van der Waals surface area (Å²) in [7, 11) is 0. The van der Waals surface area contributed by atoms with Crippen LogP contribution in [0.4, 0.5) is 10.8 Å². The van der Waals surface area contributed by atoms with E-state index in [2.05, 4.69) is 10.4 Å². The quantitative estimate of drug-likeness (QED) is 0.436. The molecule has 2 aromatic rings. The second-order valence-corrected chi connectivity index (χ2v) is 7.19. The molecule has 0 aliphatic rings. The number of amides is 1. The molecule has 0 saturated carbocycles. The van der Waals surface area contributed by atoms with Crippen molar-refractivity contribution < 1.29 is 19.2 Å². The summed E-state index contributed by atoms with van der Waals surface area (Å²) < 4.78 is 6.43. The van der Waals surface area contributed by atoms with Gasteiger partial charge in [0.2, 0.25) is 0 Å². The van der Waals surface area contributed by atoms with Crippen molar-refractivity contribution >= 4 is 34.0 Å². The molecular weight excluding hydrogens is 372 g/mol. The highest BCUT2D eigenvalue weighted by molar-refractivity contribution is 7.16. The molecule has 10 heteroatoms. The van der Waals surface area contributed by atoms with Gasteiger partial charge in [0.05, 0.1) is 29.0 Å². The number of nitrogens with zero attached hydrogens (tertiary/aromatic N) is 3. The average molecular weight is 394 g/mol. The number of ether oxygens (including phenoxy) is 1. The highest BCUT2D eigenvalue weighted by Gasteiger charge is 2.29. The maximum Gasteiger partial charge on any atom is 0.390 e. The minimum Gasteiger partial charge on any atom is -0.462 e. The van der Waals surface area contributed by atoms with Gasteiger partial charge in [-0.05, 0) is 44.6 Å². The van der Waals surface area contributed by atoms with E-state index in [1.165, 1.54) is 22.1 Å². The van der Waals surface area contributed by atoms with Crippen molar-refractivity contribution in [3.63, 3.8) is 0 Å². The SMILES string of the molecule is CCOC(=O)c1c(NC(=O)C(CC)n2nc([N+](=O)[O-])cc2C)sc(C)c1C. The number of rotatable bonds is 7. The fourth-order valence-corrected chi connectivity index (χ4v) is 3.76. The largest absolute Gasteiger partial charge is 0.462 e. The van der Waals surface area contributed by atoms with Crippen LogP contribution >= 0.6 is 11.3 Å². The summed E-state index contributed by atoms with van der Waals surface area (Å²) in [6.45, 7) is 9.04. The first-order valence-electron chi connectivity index (χ1n) is 8.49. The summed E-state index contributed by atoms with van der Waals surface area (Å²) in [5.41, 5.74) is 1.60. The molecule has 0 aliphatic heterocycles. The Morgan fingerprint density at radius 1 is 1.37 bits per heavy atom. The molecule has 1 N–H and O–H groups in total. The lowest BCUT2D eigenvalue weighted by Crippen LogP contribution is -2.27. The smallest absolute Gasteiger partial charge is 0.390 e. The van der Waals surface area contributed by atoms with Gasteiger partial charge < -0.3 is 20.2 Å². The second-order valence-electron chi connectivity index (χ2n) is 5.97. The van der Waals surface area contributed by atoms with Gasteiger partial charge in [-0.3, -0.25) is 4.79 Å². The van der Waals surface area contributed by atoms with E-state index in [9.17, 15) is 19.7 Å². The number of hydrogen-bond donors (Lipinski definition) is 1. The van der Waals surface area contributed by atoms with Crippen molar-refractivity contribution in [3.8, 4) is 0 Å². The van der Waals surface area contributed by atoms with Gasteiger partial charge in [0, 0.05) is 4.88 Å². The van der Waals surface area contributed by atoms with E-state index in [-0.39, 0.29) is 12.4 Å². The summed E-state index contributed by atoms with van der Waals surface area (Å²) >= 11 is 1.29. The van der Waals surface area contributed by atoms with Crippen LogP contribution in [0.15, 0.2) is 6.07 Å². The zero-order valence-electron chi connectivity index (χ0n) is 15.9. The van der Waals surface area contributed by atoms with E-state index >= 15 is 0 Å². The third kappa shape index (κ3) is 4.16. The Bertz CT molecular complexity index is 886. The Morgan fingerprint density at radius 3 is 2.56 bits per heavy atom. The van der Waals surface area contributed by atoms with Crippen molar-refractivity contribution in [2.75, 3.05) is 11.9 Å². The number of carbonyl (C=O) groups excluding carboxylic acids is 2. The Balaban J connectivity index is 2.34. The van der Waals surface area contributed by atoms with Crippen LogP contribution in [0.25, 0.3) is 0 Å². The van der Waals surface area contributed by atoms with Crippen LogP contribution in [0.3, 0.4) is 0 Å². The van der Waals surface area contributed by atoms with Crippen LogP contribution in [0.5, 0.6) is 0 Å². The molecule has 0 fully saturated rings. The molecular formula is C17H22N4O5S. The molecule has 2 aromatic heterocycles. The normalized spacial score (nSPS) is 11.9. The number of nitrogens with one attached hydrogen (secondary N) is 1. The molecule has 0 aliphatic carbocycles. The molecule has 2 rings (SSSR count). The first-order valence-corrected chi connectivity index (χ1v) is 9.31. The number of aryl methyl sites for hydroxylation is 2. The van der Waals surface area contributed by atoms with E-state index in [0.717, 1.165) is 10.4 Å². The van der Waals surface area contributed by atoms with Crippen molar-refractivity contribution in [1.82, 2.24) is 9.78 Å². The molecule has 1 unspecified atom stereocenters. The summed E-state index contributed by atoms with van der Waals surface area (Å²) in [6.07, 6.45) is 0.379. The van der Waals surface area contributed by atoms with Crippen LogP contribution in [0.2, 0.25) is 0 Å². The summed E-state index contributed by atoms with van der Waals surface area (Å²) in [5.74, 6) is -1.20. The molecule has 1 amide bonds. The number of hydrogen-bond acceptors (Lipinski definition) is 7. The van der Waals surface area contributed by atoms with Gasteiger partial charge in [-0.15, -0.1) is 11.3 Å². The van der Waals surface area contributed by atoms with Crippen molar-refractivity contribution in [2.24, 2.45) is 0 Å². The van der Waals surface area contributed by atoms with Crippen LogP contribution in [-0.2, 0) is 9.53 Å². The van der Waals surface area contributed by atoms with Crippen molar-refractivity contribution in [1.29, 1.82) is 0 Å². The molecule has 0 aromatic carbocycles. The molecule has 2 heterocycles. The molecule has 1 atom stereocenters. The topological polar surface area (TPSA) is 116 Å². The monoisotopic (exact) mass is 394 g/mol. The predicted molar refractivity (Wildman–Crippen MR) is 101 cm³/mol. The van der Waals surface area contributed by atoms with Gasteiger partial charge >= 0.3 is 11.8 Å². The van der Waals surface area contributed by atoms with Gasteiger partial charge in [-0.1, -0.05) is 6.92 Å². The van der Waals surface area contributed by atoms with Crippen LogP contribution in [0, 0.1) is 30.9 Å². The number of esters is 1. The zero-order valence-corrected chi connectivity index (χ0v) is 16.7. The number of nitro groups is 1. The molecule has 0 spiro atoms. The van der Waals surface area contributed by atoms with Crippen LogP contribution in [-0.4, -0.2) is 33.2 Å². The number of carbonyl (C=O) groups is 2. The number of aromatic nitrogens is 2. The Labute approximate surface area is 160 Å².